The number of anilines is 1. The second-order valence-electron chi connectivity index (χ2n) is 8.01. The Morgan fingerprint density at radius 2 is 1.87 bits per heavy atom. The number of hydrogen-bond donors (Lipinski definition) is 0. The van der Waals surface area contributed by atoms with Crippen LogP contribution < -0.4 is 4.90 Å². The lowest BCUT2D eigenvalue weighted by molar-refractivity contribution is -0.121. The zero-order chi connectivity index (χ0) is 21.8. The van der Waals surface area contributed by atoms with E-state index in [0.717, 1.165) is 36.1 Å². The predicted octanol–water partition coefficient (Wildman–Crippen LogP) is 4.13. The Morgan fingerprint density at radius 1 is 1.10 bits per heavy atom. The van der Waals surface area contributed by atoms with Crippen LogP contribution in [0.3, 0.4) is 0 Å². The van der Waals surface area contributed by atoms with Crippen molar-refractivity contribution >= 4 is 17.5 Å². The number of aryl methyl sites for hydroxylation is 1. The number of imidazole rings is 1. The Kier molecular flexibility index (Phi) is 6.16. The normalized spacial score (nSPS) is 16.6. The van der Waals surface area contributed by atoms with Crippen LogP contribution in [0.25, 0.3) is 11.1 Å². The molecule has 1 aliphatic heterocycles. The number of carbonyl (C=O) groups excluding carboxylic acids is 2. The van der Waals surface area contributed by atoms with Gasteiger partial charge in [-0.05, 0) is 29.7 Å². The standard InChI is InChI=1S/C25H28N4O2/c1-3-4-12-22-17-28(21-13-8-11-20(16-21)19-9-6-5-7-10-19)23(30)18-29(22)25(31)24-26-14-15-27(24)2/h5-11,13-16,22H,3-4,12,17-18H2,1-2H3. The number of unbranched alkanes of at least 4 members (excludes halogenated alkanes) is 1. The second kappa shape index (κ2) is 9.16. The minimum Gasteiger partial charge on any atom is -0.330 e. The van der Waals surface area contributed by atoms with Crippen LogP contribution in [0.1, 0.15) is 36.8 Å². The lowest BCUT2D eigenvalue weighted by Gasteiger charge is -2.41. The fraction of sp³-hybridized carbons (Fsp3) is 0.320. The highest BCUT2D eigenvalue weighted by molar-refractivity contribution is 6.01. The summed E-state index contributed by atoms with van der Waals surface area (Å²) in [5.74, 6) is 0.119. The third-order valence-electron chi connectivity index (χ3n) is 5.87. The van der Waals surface area contributed by atoms with Crippen molar-refractivity contribution in [1.29, 1.82) is 0 Å². The molecule has 0 saturated carbocycles. The van der Waals surface area contributed by atoms with Gasteiger partial charge >= 0.3 is 0 Å². The smallest absolute Gasteiger partial charge is 0.290 e. The zero-order valence-electron chi connectivity index (χ0n) is 18.1. The molecule has 1 aliphatic rings. The van der Waals surface area contributed by atoms with Gasteiger partial charge in [0.1, 0.15) is 6.54 Å². The number of amides is 2. The van der Waals surface area contributed by atoms with Crippen molar-refractivity contribution in [3.8, 4) is 11.1 Å². The SMILES string of the molecule is CCCCC1CN(c2cccc(-c3ccccc3)c2)C(=O)CN1C(=O)c1nccn1C. The van der Waals surface area contributed by atoms with Gasteiger partial charge in [0.25, 0.3) is 5.91 Å². The fourth-order valence-corrected chi connectivity index (χ4v) is 4.13. The van der Waals surface area contributed by atoms with Crippen molar-refractivity contribution in [3.05, 3.63) is 72.8 Å². The van der Waals surface area contributed by atoms with Gasteiger partial charge in [-0.25, -0.2) is 4.98 Å². The highest BCUT2D eigenvalue weighted by atomic mass is 16.2. The summed E-state index contributed by atoms with van der Waals surface area (Å²) in [5.41, 5.74) is 3.06. The van der Waals surface area contributed by atoms with Crippen molar-refractivity contribution < 1.29 is 9.59 Å². The first-order chi connectivity index (χ1) is 15.1. The fourth-order valence-electron chi connectivity index (χ4n) is 4.13. The zero-order valence-corrected chi connectivity index (χ0v) is 18.1. The highest BCUT2D eigenvalue weighted by Gasteiger charge is 2.36. The molecule has 2 heterocycles. The molecule has 2 amide bonds. The van der Waals surface area contributed by atoms with Crippen molar-refractivity contribution in [3.63, 3.8) is 0 Å². The van der Waals surface area contributed by atoms with E-state index in [9.17, 15) is 9.59 Å². The molecule has 6 nitrogen and oxygen atoms in total. The summed E-state index contributed by atoms with van der Waals surface area (Å²) in [6, 6.07) is 18.2. The Labute approximate surface area is 183 Å². The molecular weight excluding hydrogens is 388 g/mol. The molecule has 31 heavy (non-hydrogen) atoms. The minimum atomic E-state index is -0.181. The molecule has 1 fully saturated rings. The topological polar surface area (TPSA) is 58.4 Å². The van der Waals surface area contributed by atoms with Crippen molar-refractivity contribution in [2.75, 3.05) is 18.0 Å². The van der Waals surface area contributed by atoms with Gasteiger partial charge in [0.15, 0.2) is 5.82 Å². The minimum absolute atomic E-state index is 0.0396. The maximum atomic E-state index is 13.2. The molecule has 4 rings (SSSR count). The van der Waals surface area contributed by atoms with E-state index in [1.54, 1.807) is 28.9 Å². The van der Waals surface area contributed by atoms with Gasteiger partial charge in [0.2, 0.25) is 5.91 Å². The van der Waals surface area contributed by atoms with E-state index in [0.29, 0.717) is 12.4 Å². The van der Waals surface area contributed by atoms with Crippen LogP contribution in [0.4, 0.5) is 5.69 Å². The molecule has 1 atom stereocenters. The maximum absolute atomic E-state index is 13.2. The lowest BCUT2D eigenvalue weighted by Crippen LogP contribution is -2.58. The van der Waals surface area contributed by atoms with Gasteiger partial charge in [0, 0.05) is 31.7 Å². The largest absolute Gasteiger partial charge is 0.330 e. The average Bonchev–Trinajstić information content (AvgIpc) is 3.24. The van der Waals surface area contributed by atoms with Gasteiger partial charge in [-0.3, -0.25) is 9.59 Å². The van der Waals surface area contributed by atoms with Gasteiger partial charge in [-0.15, -0.1) is 0 Å². The van der Waals surface area contributed by atoms with Crippen LogP contribution in [0.15, 0.2) is 67.0 Å². The van der Waals surface area contributed by atoms with E-state index in [4.69, 9.17) is 0 Å². The molecule has 0 N–H and O–H groups in total. The number of piperazine rings is 1. The molecule has 1 unspecified atom stereocenters. The number of benzene rings is 2. The third kappa shape index (κ3) is 4.38. The van der Waals surface area contributed by atoms with Gasteiger partial charge in [-0.1, -0.05) is 62.2 Å². The summed E-state index contributed by atoms with van der Waals surface area (Å²) >= 11 is 0. The van der Waals surface area contributed by atoms with Crippen LogP contribution in [0, 0.1) is 0 Å². The molecule has 0 spiro atoms. The summed E-state index contributed by atoms with van der Waals surface area (Å²) in [6.07, 6.45) is 6.26. The van der Waals surface area contributed by atoms with Crippen molar-refractivity contribution in [2.45, 2.75) is 32.2 Å². The first kappa shape index (κ1) is 20.8. The summed E-state index contributed by atoms with van der Waals surface area (Å²) in [6.45, 7) is 2.70. The Hall–Kier alpha value is -3.41. The van der Waals surface area contributed by atoms with Crippen LogP contribution in [-0.4, -0.2) is 45.4 Å². The van der Waals surface area contributed by atoms with Gasteiger partial charge in [-0.2, -0.15) is 0 Å². The lowest BCUT2D eigenvalue weighted by atomic mass is 10.0. The molecule has 1 aromatic heterocycles. The Balaban J connectivity index is 1.61. The first-order valence-electron chi connectivity index (χ1n) is 10.8. The van der Waals surface area contributed by atoms with E-state index in [-0.39, 0.29) is 24.4 Å². The summed E-state index contributed by atoms with van der Waals surface area (Å²) in [4.78, 5) is 34.0. The number of nitrogens with zero attached hydrogens (tertiary/aromatic N) is 4. The summed E-state index contributed by atoms with van der Waals surface area (Å²) in [7, 11) is 1.80. The van der Waals surface area contributed by atoms with E-state index in [2.05, 4.69) is 36.2 Å². The quantitative estimate of drug-likeness (QED) is 0.607. The number of carbonyl (C=O) groups is 2. The predicted molar refractivity (Wildman–Crippen MR) is 122 cm³/mol. The van der Waals surface area contributed by atoms with Crippen LogP contribution in [0.2, 0.25) is 0 Å². The number of hydrogen-bond acceptors (Lipinski definition) is 3. The molecule has 1 saturated heterocycles. The number of aromatic nitrogens is 2. The van der Waals surface area contributed by atoms with Gasteiger partial charge < -0.3 is 14.4 Å². The van der Waals surface area contributed by atoms with Crippen LogP contribution >= 0.6 is 0 Å². The van der Waals surface area contributed by atoms with Gasteiger partial charge in [0.05, 0.1) is 6.04 Å². The summed E-state index contributed by atoms with van der Waals surface area (Å²) < 4.78 is 1.71. The maximum Gasteiger partial charge on any atom is 0.290 e. The molecule has 160 valence electrons. The average molecular weight is 417 g/mol. The van der Waals surface area contributed by atoms with Crippen LogP contribution in [-0.2, 0) is 11.8 Å². The van der Waals surface area contributed by atoms with E-state index < -0.39 is 0 Å². The summed E-state index contributed by atoms with van der Waals surface area (Å²) in [5, 5.41) is 0. The molecule has 0 bridgehead atoms. The molecule has 0 aliphatic carbocycles. The third-order valence-corrected chi connectivity index (χ3v) is 5.87. The highest BCUT2D eigenvalue weighted by Crippen LogP contribution is 2.28. The van der Waals surface area contributed by atoms with Crippen molar-refractivity contribution in [2.24, 2.45) is 7.05 Å². The van der Waals surface area contributed by atoms with Crippen LogP contribution in [0.5, 0.6) is 0 Å². The molecule has 6 heteroatoms. The second-order valence-corrected chi connectivity index (χ2v) is 8.01. The Bertz CT molecular complexity index is 1060. The van der Waals surface area contributed by atoms with E-state index in [1.807, 2.05) is 35.2 Å². The Morgan fingerprint density at radius 3 is 2.58 bits per heavy atom. The monoisotopic (exact) mass is 416 g/mol. The molecule has 2 aromatic carbocycles. The van der Waals surface area contributed by atoms with Crippen molar-refractivity contribution in [1.82, 2.24) is 14.5 Å². The molecule has 3 aromatic rings. The first-order valence-corrected chi connectivity index (χ1v) is 10.8. The molecular formula is C25H28N4O2. The van der Waals surface area contributed by atoms with E-state index >= 15 is 0 Å². The van der Waals surface area contributed by atoms with E-state index in [1.165, 1.54) is 0 Å². The number of rotatable bonds is 6. The molecule has 0 radical (unpaired) electrons.